The van der Waals surface area contributed by atoms with E-state index in [9.17, 15) is 0 Å². The van der Waals surface area contributed by atoms with Crippen LogP contribution in [0.1, 0.15) is 42.3 Å². The number of halogens is 1. The topological polar surface area (TPSA) is 34.0 Å². The lowest BCUT2D eigenvalue weighted by Gasteiger charge is -2.41. The van der Waals surface area contributed by atoms with Crippen molar-refractivity contribution in [1.29, 1.82) is 0 Å². The molecule has 5 aromatic carbocycles. The number of nitrogens with zero attached hydrogens (tertiary/aromatic N) is 4. The Morgan fingerprint density at radius 3 is 2.38 bits per heavy atom. The maximum atomic E-state index is 16.6. The molecule has 1 atom stereocenters. The third-order valence-corrected chi connectivity index (χ3v) is 10.9. The number of rotatable bonds is 4. The van der Waals surface area contributed by atoms with Crippen molar-refractivity contribution in [2.24, 2.45) is 7.05 Å². The van der Waals surface area contributed by atoms with Gasteiger partial charge in [-0.1, -0.05) is 80.6 Å². The number of aromatic nitrogens is 3. The van der Waals surface area contributed by atoms with Crippen molar-refractivity contribution in [1.82, 2.24) is 14.5 Å². The van der Waals surface area contributed by atoms with Crippen LogP contribution in [0, 0.1) is 0 Å². The van der Waals surface area contributed by atoms with Crippen molar-refractivity contribution in [2.75, 3.05) is 4.90 Å². The van der Waals surface area contributed by atoms with Gasteiger partial charge in [-0.2, -0.15) is 0 Å². The average Bonchev–Trinajstić information content (AvgIpc) is 3.65. The number of alkyl halides is 1. The normalized spacial score (nSPS) is 14.4. The van der Waals surface area contributed by atoms with Crippen LogP contribution in [0.5, 0.6) is 0 Å². The first-order chi connectivity index (χ1) is 22.9. The third-order valence-electron chi connectivity index (χ3n) is 9.73. The highest BCUT2D eigenvalue weighted by molar-refractivity contribution is 7.25. The second-order valence-electron chi connectivity index (χ2n) is 12.9. The fourth-order valence-electron chi connectivity index (χ4n) is 7.28. The highest BCUT2D eigenvalue weighted by Gasteiger charge is 2.38. The van der Waals surface area contributed by atoms with Gasteiger partial charge in [0, 0.05) is 55.6 Å². The summed E-state index contributed by atoms with van der Waals surface area (Å²) < 4.78 is 21.2. The summed E-state index contributed by atoms with van der Waals surface area (Å²) in [7, 11) is 2.00. The molecule has 1 aliphatic rings. The molecule has 1 aliphatic heterocycles. The summed E-state index contributed by atoms with van der Waals surface area (Å²) in [6, 6.07) is 41.0. The highest BCUT2D eigenvalue weighted by atomic mass is 32.1. The first-order valence-corrected chi connectivity index (χ1v) is 16.7. The fraction of sp³-hybridized carbons (Fsp3) is 0.122. The Balaban J connectivity index is 1.17. The minimum Gasteiger partial charge on any atom is -0.327 e. The first-order valence-electron chi connectivity index (χ1n) is 15.9. The van der Waals surface area contributed by atoms with E-state index in [2.05, 4.69) is 77.9 Å². The minimum atomic E-state index is -1.32. The summed E-state index contributed by atoms with van der Waals surface area (Å²) in [5.41, 5.74) is 8.11. The fourth-order valence-corrected chi connectivity index (χ4v) is 8.41. The number of benzene rings is 5. The Morgan fingerprint density at radius 1 is 0.723 bits per heavy atom. The smallest absolute Gasteiger partial charge is 0.150 e. The van der Waals surface area contributed by atoms with Crippen molar-refractivity contribution >= 4 is 59.7 Å². The van der Waals surface area contributed by atoms with Gasteiger partial charge in [-0.05, 0) is 71.3 Å². The molecule has 47 heavy (non-hydrogen) atoms. The second kappa shape index (κ2) is 10.3. The average molecular weight is 631 g/mol. The lowest BCUT2D eigenvalue weighted by atomic mass is 9.74. The lowest BCUT2D eigenvalue weighted by Crippen LogP contribution is -2.31. The summed E-state index contributed by atoms with van der Waals surface area (Å²) in [4.78, 5) is 12.0. The Hall–Kier alpha value is -5.33. The second-order valence-corrected chi connectivity index (χ2v) is 13.9. The van der Waals surface area contributed by atoms with Crippen molar-refractivity contribution in [3.8, 4) is 11.4 Å². The Bertz CT molecular complexity index is 2510. The van der Waals surface area contributed by atoms with Crippen molar-refractivity contribution < 1.29 is 4.39 Å². The minimum absolute atomic E-state index is 0.268. The summed E-state index contributed by atoms with van der Waals surface area (Å²) in [6.07, 6.45) is 0.525. The molecule has 0 N–H and O–H groups in total. The number of hydrogen-bond donors (Lipinski definition) is 0. The standard InChI is InChI=1S/C41H31FN4S/c1-41(2)31-16-10-20-43-40(31)46(35-23-30-29-15-4-7-19-36(29)47-37(30)24-32(35)41)28-14-9-12-26(22-28)38(42)25-11-8-13-27(21-25)39-44-33-17-5-6-18-34(33)45(39)3/h4-24,38H,1-3H3. The summed E-state index contributed by atoms with van der Waals surface area (Å²) in [6.45, 7) is 4.54. The number of imidazole rings is 1. The van der Waals surface area contributed by atoms with Gasteiger partial charge in [-0.15, -0.1) is 11.3 Å². The number of anilines is 3. The largest absolute Gasteiger partial charge is 0.327 e. The Morgan fingerprint density at radius 2 is 1.51 bits per heavy atom. The monoisotopic (exact) mass is 630 g/mol. The molecule has 3 aromatic heterocycles. The van der Waals surface area contributed by atoms with Gasteiger partial charge in [-0.3, -0.25) is 4.90 Å². The van der Waals surface area contributed by atoms with Crippen LogP contribution in [0.25, 0.3) is 42.6 Å². The van der Waals surface area contributed by atoms with Gasteiger partial charge in [0.15, 0.2) is 6.17 Å². The first kappa shape index (κ1) is 27.9. The third kappa shape index (κ3) is 4.25. The van der Waals surface area contributed by atoms with Gasteiger partial charge in [0.25, 0.3) is 0 Å². The highest BCUT2D eigenvalue weighted by Crippen LogP contribution is 2.53. The number of thiophene rings is 1. The van der Waals surface area contributed by atoms with E-state index in [4.69, 9.17) is 9.97 Å². The zero-order valence-electron chi connectivity index (χ0n) is 26.3. The molecule has 0 saturated carbocycles. The molecule has 1 unspecified atom stereocenters. The van der Waals surface area contributed by atoms with Crippen LogP contribution < -0.4 is 4.90 Å². The van der Waals surface area contributed by atoms with Crippen LogP contribution >= 0.6 is 11.3 Å². The molecule has 4 heterocycles. The summed E-state index contributed by atoms with van der Waals surface area (Å²) in [5.74, 6) is 1.69. The van der Waals surface area contributed by atoms with Gasteiger partial charge in [0.05, 0.1) is 16.7 Å². The zero-order chi connectivity index (χ0) is 31.9. The molecule has 0 aliphatic carbocycles. The number of para-hydroxylation sites is 2. The molecule has 6 heteroatoms. The number of fused-ring (bicyclic) bond motifs is 6. The Kier molecular flexibility index (Phi) is 6.15. The lowest BCUT2D eigenvalue weighted by molar-refractivity contribution is 0.402. The molecule has 8 aromatic rings. The van der Waals surface area contributed by atoms with Crippen LogP contribution in [0.2, 0.25) is 0 Å². The van der Waals surface area contributed by atoms with Crippen LogP contribution in [-0.4, -0.2) is 14.5 Å². The van der Waals surface area contributed by atoms with Crippen molar-refractivity contribution in [3.05, 3.63) is 150 Å². The van der Waals surface area contributed by atoms with Crippen LogP contribution in [0.3, 0.4) is 0 Å². The molecule has 9 rings (SSSR count). The van der Waals surface area contributed by atoms with E-state index in [-0.39, 0.29) is 5.41 Å². The van der Waals surface area contributed by atoms with Crippen LogP contribution in [0.15, 0.2) is 128 Å². The number of hydrogen-bond acceptors (Lipinski definition) is 4. The van der Waals surface area contributed by atoms with Crippen LogP contribution in [-0.2, 0) is 12.5 Å². The quantitative estimate of drug-likeness (QED) is 0.194. The van der Waals surface area contributed by atoms with E-state index in [0.717, 1.165) is 45.2 Å². The predicted molar refractivity (Wildman–Crippen MR) is 193 cm³/mol. The van der Waals surface area contributed by atoms with Gasteiger partial charge >= 0.3 is 0 Å². The maximum Gasteiger partial charge on any atom is 0.150 e. The van der Waals surface area contributed by atoms with Gasteiger partial charge in [0.1, 0.15) is 11.6 Å². The van der Waals surface area contributed by atoms with E-state index in [1.807, 2.05) is 91.3 Å². The van der Waals surface area contributed by atoms with Crippen molar-refractivity contribution in [2.45, 2.75) is 25.4 Å². The molecule has 0 radical (unpaired) electrons. The predicted octanol–water partition coefficient (Wildman–Crippen LogP) is 11.2. The SMILES string of the molecule is Cn1c(-c2cccc(C(F)c3cccc(N4c5cc6c(cc5C(C)(C)c5cccnc54)sc4ccccc46)c3)c2)nc2ccccc21. The van der Waals surface area contributed by atoms with Gasteiger partial charge in [-0.25, -0.2) is 14.4 Å². The van der Waals surface area contributed by atoms with E-state index in [1.54, 1.807) is 0 Å². The molecule has 0 bridgehead atoms. The summed E-state index contributed by atoms with van der Waals surface area (Å²) >= 11 is 1.83. The molecule has 0 spiro atoms. The van der Waals surface area contributed by atoms with E-state index >= 15 is 4.39 Å². The van der Waals surface area contributed by atoms with E-state index < -0.39 is 6.17 Å². The molecular formula is C41H31FN4S. The van der Waals surface area contributed by atoms with Crippen LogP contribution in [0.4, 0.5) is 21.6 Å². The van der Waals surface area contributed by atoms with Crippen molar-refractivity contribution in [3.63, 3.8) is 0 Å². The molecule has 0 fully saturated rings. The molecule has 228 valence electrons. The molecular weight excluding hydrogens is 600 g/mol. The number of pyridine rings is 1. The van der Waals surface area contributed by atoms with E-state index in [1.165, 1.54) is 25.7 Å². The zero-order valence-corrected chi connectivity index (χ0v) is 27.1. The van der Waals surface area contributed by atoms with E-state index in [0.29, 0.717) is 11.1 Å². The van der Waals surface area contributed by atoms with Gasteiger partial charge in [0.2, 0.25) is 0 Å². The van der Waals surface area contributed by atoms with Gasteiger partial charge < -0.3 is 4.57 Å². The maximum absolute atomic E-state index is 16.6. The molecule has 0 saturated heterocycles. The Labute approximate surface area is 276 Å². The molecule has 4 nitrogen and oxygen atoms in total. The summed E-state index contributed by atoms with van der Waals surface area (Å²) in [5, 5.41) is 2.47. The molecule has 0 amide bonds. The number of aryl methyl sites for hydroxylation is 1.